The summed E-state index contributed by atoms with van der Waals surface area (Å²) in [5, 5.41) is 0. The van der Waals surface area contributed by atoms with Gasteiger partial charge in [-0.3, -0.25) is 0 Å². The van der Waals surface area contributed by atoms with Gasteiger partial charge < -0.3 is 21.6 Å². The molecule has 0 bridgehead atoms. The molecule has 16 heavy (non-hydrogen) atoms. The van der Waals surface area contributed by atoms with Crippen molar-refractivity contribution in [1.82, 2.24) is 0 Å². The average molecular weight is 250 g/mol. The average Bonchev–Trinajstić information content (AvgIpc) is 2.24. The van der Waals surface area contributed by atoms with Crippen molar-refractivity contribution in [3.8, 4) is 0 Å². The Morgan fingerprint density at radius 3 is 2.12 bits per heavy atom. The first-order chi connectivity index (χ1) is 7.27. The predicted octanol–water partition coefficient (Wildman–Crippen LogP) is -0.172. The number of nitrogens with zero attached hydrogens (tertiary/aromatic N) is 1. The number of quaternary nitrogens is 1. The third-order valence-corrected chi connectivity index (χ3v) is 3.60. The zero-order valence-electron chi connectivity index (χ0n) is 11.0. The van der Waals surface area contributed by atoms with E-state index in [1.165, 1.54) is 62.6 Å². The fourth-order valence-electron chi connectivity index (χ4n) is 2.28. The minimum absolute atomic E-state index is 0. The van der Waals surface area contributed by atoms with Crippen LogP contribution in [0.5, 0.6) is 0 Å². The van der Waals surface area contributed by atoms with E-state index in [1.807, 2.05) is 0 Å². The molecule has 0 aliphatic carbocycles. The molecule has 0 saturated carbocycles. The summed E-state index contributed by atoms with van der Waals surface area (Å²) in [5.41, 5.74) is 0. The topological polar surface area (TPSA) is 9.23 Å². The summed E-state index contributed by atoms with van der Waals surface area (Å²) in [6.07, 6.45) is 8.47. The molecule has 0 spiro atoms. The van der Waals surface area contributed by atoms with Crippen molar-refractivity contribution >= 4 is 0 Å². The van der Waals surface area contributed by atoms with E-state index in [2.05, 4.69) is 14.0 Å². The number of likely N-dealkylation sites (N-methyl/N-ethyl adjacent to an activating group) is 1. The molecule has 1 aliphatic heterocycles. The zero-order valence-corrected chi connectivity index (χ0v) is 11.8. The fourth-order valence-corrected chi connectivity index (χ4v) is 2.28. The van der Waals surface area contributed by atoms with Gasteiger partial charge in [0.15, 0.2) is 0 Å². The van der Waals surface area contributed by atoms with Crippen molar-refractivity contribution in [2.24, 2.45) is 0 Å². The Balaban J connectivity index is 0.00000225. The lowest BCUT2D eigenvalue weighted by Crippen LogP contribution is -3.00. The maximum absolute atomic E-state index is 5.41. The predicted molar refractivity (Wildman–Crippen MR) is 65.0 cm³/mol. The second-order valence-corrected chi connectivity index (χ2v) is 5.17. The van der Waals surface area contributed by atoms with Crippen LogP contribution in [0.2, 0.25) is 0 Å². The molecular weight excluding hydrogens is 222 g/mol. The largest absolute Gasteiger partial charge is 1.00 e. The smallest absolute Gasteiger partial charge is 0.102 e. The molecule has 1 rings (SSSR count). The van der Waals surface area contributed by atoms with Gasteiger partial charge in [-0.05, 0) is 12.8 Å². The molecule has 98 valence electrons. The van der Waals surface area contributed by atoms with E-state index < -0.39 is 0 Å². The van der Waals surface area contributed by atoms with Gasteiger partial charge in [-0.15, -0.1) is 0 Å². The second-order valence-electron chi connectivity index (χ2n) is 5.17. The molecule has 0 aromatic rings. The van der Waals surface area contributed by atoms with Crippen LogP contribution >= 0.6 is 0 Å². The molecule has 1 aliphatic rings. The molecule has 0 aromatic heterocycles. The third kappa shape index (κ3) is 6.72. The highest BCUT2D eigenvalue weighted by molar-refractivity contribution is 4.49. The minimum atomic E-state index is 0. The molecule has 0 atom stereocenters. The SMILES string of the molecule is CCCCCCCC[N+]1(C)CCOCC1.[Cl-]. The van der Waals surface area contributed by atoms with Crippen LogP contribution in [0.1, 0.15) is 45.4 Å². The molecular formula is C13H28ClNO. The molecule has 2 nitrogen and oxygen atoms in total. The van der Waals surface area contributed by atoms with Crippen molar-refractivity contribution in [3.63, 3.8) is 0 Å². The first-order valence-electron chi connectivity index (χ1n) is 6.68. The number of halogens is 1. The van der Waals surface area contributed by atoms with Crippen LogP contribution in [-0.2, 0) is 4.74 Å². The molecule has 0 aromatic carbocycles. The Kier molecular flexibility index (Phi) is 9.38. The van der Waals surface area contributed by atoms with Crippen molar-refractivity contribution in [2.45, 2.75) is 45.4 Å². The monoisotopic (exact) mass is 249 g/mol. The van der Waals surface area contributed by atoms with Gasteiger partial charge in [-0.25, -0.2) is 0 Å². The number of rotatable bonds is 7. The zero-order chi connectivity index (χ0) is 11.0. The maximum Gasteiger partial charge on any atom is 0.102 e. The molecule has 1 fully saturated rings. The molecule has 0 amide bonds. The van der Waals surface area contributed by atoms with E-state index in [9.17, 15) is 0 Å². The van der Waals surface area contributed by atoms with Crippen molar-refractivity contribution in [1.29, 1.82) is 0 Å². The highest BCUT2D eigenvalue weighted by Crippen LogP contribution is 2.12. The summed E-state index contributed by atoms with van der Waals surface area (Å²) < 4.78 is 6.65. The van der Waals surface area contributed by atoms with E-state index >= 15 is 0 Å². The Morgan fingerprint density at radius 2 is 1.50 bits per heavy atom. The molecule has 3 heteroatoms. The number of ether oxygens (including phenoxy) is 1. The standard InChI is InChI=1S/C13H28NO.ClH/c1-3-4-5-6-7-8-9-14(2)10-12-15-13-11-14;/h3-13H2,1-2H3;1H/q+1;/p-1. The van der Waals surface area contributed by atoms with Crippen LogP contribution in [-0.4, -0.2) is 44.4 Å². The summed E-state index contributed by atoms with van der Waals surface area (Å²) in [7, 11) is 2.38. The van der Waals surface area contributed by atoms with Crippen LogP contribution in [0.4, 0.5) is 0 Å². The van der Waals surface area contributed by atoms with Crippen molar-refractivity contribution < 1.29 is 21.6 Å². The van der Waals surface area contributed by atoms with E-state index in [4.69, 9.17) is 4.74 Å². The molecule has 0 radical (unpaired) electrons. The maximum atomic E-state index is 5.41. The van der Waals surface area contributed by atoms with Crippen LogP contribution < -0.4 is 12.4 Å². The van der Waals surface area contributed by atoms with Gasteiger partial charge >= 0.3 is 0 Å². The Morgan fingerprint density at radius 1 is 0.938 bits per heavy atom. The lowest BCUT2D eigenvalue weighted by atomic mass is 10.1. The summed E-state index contributed by atoms with van der Waals surface area (Å²) >= 11 is 0. The first kappa shape index (κ1) is 16.2. The lowest BCUT2D eigenvalue weighted by Gasteiger charge is -2.37. The van der Waals surface area contributed by atoms with Crippen LogP contribution in [0, 0.1) is 0 Å². The quantitative estimate of drug-likeness (QED) is 0.450. The normalized spacial score (nSPS) is 19.1. The van der Waals surface area contributed by atoms with E-state index in [1.54, 1.807) is 0 Å². The highest BCUT2D eigenvalue weighted by Gasteiger charge is 2.23. The Bertz CT molecular complexity index is 158. The Labute approximate surface area is 107 Å². The Hall–Kier alpha value is 0.210. The molecule has 1 heterocycles. The first-order valence-corrected chi connectivity index (χ1v) is 6.68. The van der Waals surface area contributed by atoms with Gasteiger partial charge in [0.1, 0.15) is 13.1 Å². The van der Waals surface area contributed by atoms with E-state index in [0.29, 0.717) is 0 Å². The highest BCUT2D eigenvalue weighted by atomic mass is 35.5. The van der Waals surface area contributed by atoms with Gasteiger partial charge in [-0.1, -0.05) is 32.6 Å². The van der Waals surface area contributed by atoms with Crippen molar-refractivity contribution in [3.05, 3.63) is 0 Å². The second kappa shape index (κ2) is 9.26. The number of hydrogen-bond acceptors (Lipinski definition) is 1. The van der Waals surface area contributed by atoms with Crippen LogP contribution in [0.3, 0.4) is 0 Å². The van der Waals surface area contributed by atoms with Gasteiger partial charge in [0.05, 0.1) is 26.8 Å². The minimum Gasteiger partial charge on any atom is -1.00 e. The van der Waals surface area contributed by atoms with E-state index in [0.717, 1.165) is 13.2 Å². The fraction of sp³-hybridized carbons (Fsp3) is 1.00. The van der Waals surface area contributed by atoms with Gasteiger partial charge in [0.2, 0.25) is 0 Å². The summed E-state index contributed by atoms with van der Waals surface area (Å²) in [5.74, 6) is 0. The molecule has 0 unspecified atom stereocenters. The number of unbranched alkanes of at least 4 members (excludes halogenated alkanes) is 5. The number of hydrogen-bond donors (Lipinski definition) is 0. The summed E-state index contributed by atoms with van der Waals surface area (Å²) in [4.78, 5) is 0. The van der Waals surface area contributed by atoms with Gasteiger partial charge in [0, 0.05) is 0 Å². The van der Waals surface area contributed by atoms with E-state index in [-0.39, 0.29) is 12.4 Å². The van der Waals surface area contributed by atoms with Crippen molar-refractivity contribution in [2.75, 3.05) is 39.9 Å². The van der Waals surface area contributed by atoms with Crippen LogP contribution in [0.25, 0.3) is 0 Å². The van der Waals surface area contributed by atoms with Crippen LogP contribution in [0.15, 0.2) is 0 Å². The van der Waals surface area contributed by atoms with Gasteiger partial charge in [0.25, 0.3) is 0 Å². The molecule has 0 N–H and O–H groups in total. The summed E-state index contributed by atoms with van der Waals surface area (Å²) in [6.45, 7) is 8.00. The van der Waals surface area contributed by atoms with Gasteiger partial charge in [-0.2, -0.15) is 0 Å². The molecule has 1 saturated heterocycles. The third-order valence-electron chi connectivity index (χ3n) is 3.60. The summed E-state index contributed by atoms with van der Waals surface area (Å²) in [6, 6.07) is 0. The lowest BCUT2D eigenvalue weighted by molar-refractivity contribution is -0.917. The number of morpholine rings is 1.